The maximum atomic E-state index is 13.7. The van der Waals surface area contributed by atoms with E-state index in [4.69, 9.17) is 15.2 Å². The molecule has 0 aliphatic heterocycles. The number of nitrogens with zero attached hydrogens (tertiary/aromatic N) is 5. The summed E-state index contributed by atoms with van der Waals surface area (Å²) in [6.07, 6.45) is 2.86. The normalized spacial score (nSPS) is 12.6. The Labute approximate surface area is 243 Å². The number of amides is 1. The van der Waals surface area contributed by atoms with Crippen molar-refractivity contribution in [2.75, 3.05) is 26.0 Å². The molecule has 1 unspecified atom stereocenters. The van der Waals surface area contributed by atoms with Gasteiger partial charge in [-0.25, -0.2) is 14.8 Å². The van der Waals surface area contributed by atoms with Crippen LogP contribution in [0.5, 0.6) is 11.5 Å². The lowest BCUT2D eigenvalue weighted by Crippen LogP contribution is -2.42. The first-order valence-electron chi connectivity index (χ1n) is 13.4. The van der Waals surface area contributed by atoms with E-state index in [2.05, 4.69) is 20.6 Å². The molecule has 0 radical (unpaired) electrons. The van der Waals surface area contributed by atoms with Crippen LogP contribution in [0, 0.1) is 11.3 Å². The van der Waals surface area contributed by atoms with Crippen molar-refractivity contribution in [3.63, 3.8) is 0 Å². The number of aromatic nitrogens is 4. The average Bonchev–Trinajstić information content (AvgIpc) is 3.24. The van der Waals surface area contributed by atoms with Crippen LogP contribution >= 0.6 is 0 Å². The molecule has 0 bridgehead atoms. The highest BCUT2D eigenvalue weighted by Gasteiger charge is 2.23. The maximum Gasteiger partial charge on any atom is 0.335 e. The fourth-order valence-electron chi connectivity index (χ4n) is 4.45. The first kappa shape index (κ1) is 30.0. The summed E-state index contributed by atoms with van der Waals surface area (Å²) in [6.45, 7) is 6.58. The van der Waals surface area contributed by atoms with Gasteiger partial charge in [0.2, 0.25) is 0 Å². The molecule has 0 saturated heterocycles. The molecular weight excluding hydrogens is 536 g/mol. The average molecular weight is 571 g/mol. The quantitative estimate of drug-likeness (QED) is 0.132. The van der Waals surface area contributed by atoms with Crippen LogP contribution in [0.4, 0.5) is 5.82 Å². The van der Waals surface area contributed by atoms with Crippen LogP contribution < -0.4 is 26.8 Å². The smallest absolute Gasteiger partial charge is 0.335 e. The number of nitrogen functional groups attached to an aromatic ring is 1. The number of rotatable bonds is 12. The van der Waals surface area contributed by atoms with Crippen LogP contribution in [0.1, 0.15) is 20.8 Å². The van der Waals surface area contributed by atoms with Crippen molar-refractivity contribution < 1.29 is 14.3 Å². The molecular formula is C30H34N8O4. The summed E-state index contributed by atoms with van der Waals surface area (Å²) in [6, 6.07) is 17.8. The van der Waals surface area contributed by atoms with E-state index in [1.54, 1.807) is 44.4 Å². The fraction of sp³-hybridized carbons (Fsp3) is 0.300. The molecule has 0 aliphatic carbocycles. The van der Waals surface area contributed by atoms with Gasteiger partial charge in [-0.05, 0) is 63.2 Å². The molecule has 0 fully saturated rings. The van der Waals surface area contributed by atoms with E-state index >= 15 is 0 Å². The van der Waals surface area contributed by atoms with E-state index in [0.717, 1.165) is 0 Å². The molecule has 1 atom stereocenters. The Bertz CT molecular complexity index is 1670. The predicted molar refractivity (Wildman–Crippen MR) is 159 cm³/mol. The van der Waals surface area contributed by atoms with Gasteiger partial charge in [0.25, 0.3) is 5.91 Å². The molecule has 12 nitrogen and oxygen atoms in total. The second kappa shape index (κ2) is 13.1. The predicted octanol–water partition coefficient (Wildman–Crippen LogP) is 2.93. The summed E-state index contributed by atoms with van der Waals surface area (Å²) in [5, 5.41) is 15.7. The number of nitriles is 1. The summed E-state index contributed by atoms with van der Waals surface area (Å²) in [5.41, 5.74) is 6.34. The maximum absolute atomic E-state index is 13.7. The molecule has 0 saturated carbocycles. The number of fused-ring (bicyclic) bond motifs is 1. The van der Waals surface area contributed by atoms with Gasteiger partial charge in [0, 0.05) is 31.8 Å². The second-order valence-corrected chi connectivity index (χ2v) is 10.3. The van der Waals surface area contributed by atoms with E-state index in [0.29, 0.717) is 41.5 Å². The van der Waals surface area contributed by atoms with Gasteiger partial charge >= 0.3 is 5.69 Å². The Morgan fingerprint density at radius 3 is 2.50 bits per heavy atom. The molecule has 2 heterocycles. The van der Waals surface area contributed by atoms with Crippen LogP contribution in [0.3, 0.4) is 0 Å². The van der Waals surface area contributed by atoms with Gasteiger partial charge in [-0.1, -0.05) is 18.2 Å². The third-order valence-corrected chi connectivity index (χ3v) is 6.40. The minimum Gasteiger partial charge on any atom is -0.457 e. The van der Waals surface area contributed by atoms with Crippen molar-refractivity contribution >= 4 is 22.9 Å². The number of hydrogen-bond acceptors (Lipinski definition) is 9. The first-order valence-corrected chi connectivity index (χ1v) is 13.4. The highest BCUT2D eigenvalue weighted by Crippen LogP contribution is 2.25. The van der Waals surface area contributed by atoms with E-state index in [-0.39, 0.29) is 17.9 Å². The van der Waals surface area contributed by atoms with Crippen molar-refractivity contribution in [2.45, 2.75) is 38.9 Å². The lowest BCUT2D eigenvalue weighted by atomic mass is 10.0. The van der Waals surface area contributed by atoms with Crippen LogP contribution in [0.25, 0.3) is 16.9 Å². The molecule has 12 heteroatoms. The Morgan fingerprint density at radius 2 is 1.83 bits per heavy atom. The van der Waals surface area contributed by atoms with Gasteiger partial charge in [-0.15, -0.1) is 0 Å². The number of carbonyl (C=O) groups is 1. The largest absolute Gasteiger partial charge is 0.457 e. The zero-order valence-electron chi connectivity index (χ0n) is 24.0. The summed E-state index contributed by atoms with van der Waals surface area (Å²) in [5.74, 6) is 0.871. The third kappa shape index (κ3) is 7.01. The van der Waals surface area contributed by atoms with Crippen molar-refractivity contribution in [1.82, 2.24) is 29.7 Å². The van der Waals surface area contributed by atoms with E-state index < -0.39 is 23.2 Å². The number of nitrogens with two attached hydrogens (primary N) is 1. The Balaban J connectivity index is 1.58. The molecule has 1 amide bonds. The highest BCUT2D eigenvalue weighted by atomic mass is 16.5. The fourth-order valence-corrected chi connectivity index (χ4v) is 4.45. The van der Waals surface area contributed by atoms with Crippen LogP contribution in [0.15, 0.2) is 77.4 Å². The minimum absolute atomic E-state index is 0.0454. The van der Waals surface area contributed by atoms with Crippen LogP contribution in [-0.4, -0.2) is 56.9 Å². The molecule has 4 N–H and O–H groups in total. The van der Waals surface area contributed by atoms with Crippen molar-refractivity contribution in [1.29, 1.82) is 5.26 Å². The van der Waals surface area contributed by atoms with Gasteiger partial charge in [0.05, 0.1) is 12.3 Å². The molecule has 2 aromatic heterocycles. The molecule has 0 aliphatic rings. The number of methoxy groups -OCH3 is 1. The number of anilines is 1. The Hall–Kier alpha value is -4.99. The number of carbonyl (C=O) groups excluding carboxylic acids is 1. The highest BCUT2D eigenvalue weighted by molar-refractivity contribution is 5.97. The second-order valence-electron chi connectivity index (χ2n) is 10.3. The number of ether oxygens (including phenoxy) is 2. The van der Waals surface area contributed by atoms with Gasteiger partial charge in [0.15, 0.2) is 11.5 Å². The topological polar surface area (TPSA) is 162 Å². The first-order chi connectivity index (χ1) is 20.1. The van der Waals surface area contributed by atoms with Gasteiger partial charge in [-0.2, -0.15) is 5.26 Å². The summed E-state index contributed by atoms with van der Waals surface area (Å²) < 4.78 is 13.8. The lowest BCUT2D eigenvalue weighted by molar-refractivity contribution is -0.117. The molecule has 2 aromatic carbocycles. The number of hydrogen-bond donors (Lipinski definition) is 3. The summed E-state index contributed by atoms with van der Waals surface area (Å²) in [7, 11) is 1.60. The molecule has 42 heavy (non-hydrogen) atoms. The van der Waals surface area contributed by atoms with E-state index in [9.17, 15) is 14.9 Å². The van der Waals surface area contributed by atoms with Crippen molar-refractivity contribution in [2.24, 2.45) is 0 Å². The number of para-hydroxylation sites is 1. The van der Waals surface area contributed by atoms with Crippen molar-refractivity contribution in [3.05, 3.63) is 83.1 Å². The van der Waals surface area contributed by atoms with E-state index in [1.807, 2.05) is 50.2 Å². The Kier molecular flexibility index (Phi) is 9.36. The standard InChI is InChI=1S/C30H34N8O4/c1-20(36-28(39)21(17-31)16-30(2,3)35-14-15-41-4)18-37-27-25(26(32)33-19-34-27)38(29(37)40)22-10-12-24(13-11-22)42-23-8-6-5-7-9-23/h5-13,16,19-20,35H,14-15,18H2,1-4H3,(H,36,39)(H2,32,33,34). The van der Waals surface area contributed by atoms with Crippen LogP contribution in [0.2, 0.25) is 0 Å². The lowest BCUT2D eigenvalue weighted by Gasteiger charge is -2.23. The number of imidazole rings is 1. The summed E-state index contributed by atoms with van der Waals surface area (Å²) in [4.78, 5) is 35.1. The van der Waals surface area contributed by atoms with E-state index in [1.165, 1.54) is 15.5 Å². The van der Waals surface area contributed by atoms with Gasteiger partial charge < -0.3 is 25.8 Å². The summed E-state index contributed by atoms with van der Waals surface area (Å²) >= 11 is 0. The molecule has 4 rings (SSSR count). The Morgan fingerprint density at radius 1 is 1.14 bits per heavy atom. The third-order valence-electron chi connectivity index (χ3n) is 6.40. The van der Waals surface area contributed by atoms with Gasteiger partial charge in [-0.3, -0.25) is 13.9 Å². The molecule has 0 spiro atoms. The minimum atomic E-state index is -0.620. The monoisotopic (exact) mass is 570 g/mol. The van der Waals surface area contributed by atoms with Crippen LogP contribution in [-0.2, 0) is 16.1 Å². The number of benzene rings is 2. The zero-order valence-corrected chi connectivity index (χ0v) is 24.0. The molecule has 218 valence electrons. The number of nitrogens with one attached hydrogen (secondary N) is 2. The SMILES string of the molecule is COCCNC(C)(C)C=C(C#N)C(=O)NC(C)Cn1c(=O)n(-c2ccc(Oc3ccccc3)cc2)c2c(N)ncnc21. The zero-order chi connectivity index (χ0) is 30.3. The van der Waals surface area contributed by atoms with Crippen molar-refractivity contribution in [3.8, 4) is 23.3 Å². The molecule has 4 aromatic rings. The van der Waals surface area contributed by atoms with Gasteiger partial charge in [0.1, 0.15) is 35.0 Å².